The Morgan fingerprint density at radius 2 is 1.91 bits per heavy atom. The second-order valence-electron chi connectivity index (χ2n) is 8.13. The number of imidazole rings is 1. The van der Waals surface area contributed by atoms with Crippen molar-refractivity contribution >= 4 is 11.6 Å². The monoisotopic (exact) mass is 467 g/mol. The summed E-state index contributed by atoms with van der Waals surface area (Å²) in [5, 5.41) is 8.22. The molecular weight excluding hydrogens is 447 g/mol. The van der Waals surface area contributed by atoms with Crippen molar-refractivity contribution in [2.45, 2.75) is 32.0 Å². The fourth-order valence-corrected chi connectivity index (χ4v) is 4.09. The molecule has 1 aliphatic heterocycles. The molecule has 34 heavy (non-hydrogen) atoms. The zero-order valence-corrected chi connectivity index (χ0v) is 18.1. The third kappa shape index (κ3) is 4.28. The van der Waals surface area contributed by atoms with Crippen LogP contribution in [0.5, 0.6) is 0 Å². The molecule has 0 spiro atoms. The summed E-state index contributed by atoms with van der Waals surface area (Å²) in [5.41, 5.74) is 2.98. The summed E-state index contributed by atoms with van der Waals surface area (Å²) >= 11 is 0. The normalized spacial score (nSPS) is 16.4. The van der Waals surface area contributed by atoms with E-state index in [0.717, 1.165) is 10.6 Å². The number of anilines is 1. The number of amides is 1. The summed E-state index contributed by atoms with van der Waals surface area (Å²) in [7, 11) is 0. The van der Waals surface area contributed by atoms with Gasteiger partial charge in [-0.25, -0.2) is 14.6 Å². The van der Waals surface area contributed by atoms with Gasteiger partial charge in [-0.15, -0.1) is 5.10 Å². The van der Waals surface area contributed by atoms with Crippen LogP contribution < -0.4 is 4.90 Å². The number of para-hydroxylation sites is 1. The number of pyridine rings is 1. The highest BCUT2D eigenvalue weighted by Crippen LogP contribution is 2.34. The maximum atomic E-state index is 13.3. The predicted octanol–water partition coefficient (Wildman–Crippen LogP) is 3.92. The van der Waals surface area contributed by atoms with Crippen LogP contribution in [-0.2, 0) is 11.2 Å². The van der Waals surface area contributed by atoms with E-state index in [4.69, 9.17) is 0 Å². The molecule has 1 unspecified atom stereocenters. The summed E-state index contributed by atoms with van der Waals surface area (Å²) < 4.78 is 43.1. The highest BCUT2D eigenvalue weighted by molar-refractivity contribution is 5.97. The third-order valence-corrected chi connectivity index (χ3v) is 5.71. The number of alkyl halides is 3. The second-order valence-corrected chi connectivity index (χ2v) is 8.13. The molecule has 5 rings (SSSR count). The van der Waals surface area contributed by atoms with Crippen LogP contribution in [0.25, 0.3) is 17.1 Å². The molecule has 0 radical (unpaired) electrons. The topological polar surface area (TPSA) is 81.7 Å². The zero-order valence-electron chi connectivity index (χ0n) is 18.1. The lowest BCUT2D eigenvalue weighted by molar-refractivity contribution is -0.134. The molecule has 1 aromatic carbocycles. The molecule has 0 fully saturated rings. The van der Waals surface area contributed by atoms with Gasteiger partial charge in [-0.1, -0.05) is 23.4 Å². The number of hydrogen-bond donors (Lipinski definition) is 0. The molecule has 0 aliphatic carbocycles. The number of carbonyl (C=O) groups excluding carboxylic acids is 1. The van der Waals surface area contributed by atoms with Crippen LogP contribution in [0, 0.1) is 6.92 Å². The molecule has 1 atom stereocenters. The number of fused-ring (bicyclic) bond motifs is 1. The Labute approximate surface area is 192 Å². The van der Waals surface area contributed by atoms with Crippen molar-refractivity contribution in [3.05, 3.63) is 72.6 Å². The average Bonchev–Trinajstić information content (AvgIpc) is 3.44. The minimum atomic E-state index is -4.54. The molecular formula is C23H20F3N7O. The first-order valence-corrected chi connectivity index (χ1v) is 10.6. The van der Waals surface area contributed by atoms with Crippen molar-refractivity contribution in [1.82, 2.24) is 29.5 Å². The van der Waals surface area contributed by atoms with Gasteiger partial charge in [-0.3, -0.25) is 9.36 Å². The van der Waals surface area contributed by atoms with Gasteiger partial charge in [0, 0.05) is 23.6 Å². The molecule has 4 aromatic rings. The van der Waals surface area contributed by atoms with Crippen molar-refractivity contribution in [2.75, 3.05) is 11.4 Å². The standard InChI is InChI=1S/C23H20F3N7O/c1-15-11-31(14-28-15)21-9-7-17(10-27-21)18-12-33(30-29-18)20-8-6-16-4-2-3-5-19(16)32(22(20)34)13-23(24,25)26/h2-5,7,9-12,14,20H,6,8,13H2,1H3. The number of aryl methyl sites for hydroxylation is 2. The van der Waals surface area contributed by atoms with Gasteiger partial charge in [-0.2, -0.15) is 13.2 Å². The summed E-state index contributed by atoms with van der Waals surface area (Å²) in [6.07, 6.45) is 2.92. The summed E-state index contributed by atoms with van der Waals surface area (Å²) in [6.45, 7) is 0.520. The van der Waals surface area contributed by atoms with Crippen molar-refractivity contribution in [2.24, 2.45) is 0 Å². The fraction of sp³-hybridized carbons (Fsp3) is 0.261. The second kappa shape index (κ2) is 8.40. The van der Waals surface area contributed by atoms with E-state index in [1.54, 1.807) is 53.6 Å². The summed E-state index contributed by atoms with van der Waals surface area (Å²) in [6, 6.07) is 9.38. The Morgan fingerprint density at radius 1 is 1.09 bits per heavy atom. The van der Waals surface area contributed by atoms with Crippen LogP contribution in [-0.4, -0.2) is 48.2 Å². The molecule has 174 valence electrons. The van der Waals surface area contributed by atoms with Gasteiger partial charge < -0.3 is 4.90 Å². The molecule has 0 saturated heterocycles. The molecule has 1 amide bonds. The highest BCUT2D eigenvalue weighted by Gasteiger charge is 2.39. The van der Waals surface area contributed by atoms with Crippen LogP contribution in [0.4, 0.5) is 18.9 Å². The van der Waals surface area contributed by atoms with E-state index in [0.29, 0.717) is 35.5 Å². The Hall–Kier alpha value is -4.02. The van der Waals surface area contributed by atoms with Crippen molar-refractivity contribution < 1.29 is 18.0 Å². The third-order valence-electron chi connectivity index (χ3n) is 5.71. The number of halogens is 3. The Bertz CT molecular complexity index is 1330. The number of nitrogens with zero attached hydrogens (tertiary/aromatic N) is 7. The van der Waals surface area contributed by atoms with Crippen LogP contribution >= 0.6 is 0 Å². The van der Waals surface area contributed by atoms with E-state index in [-0.39, 0.29) is 5.69 Å². The van der Waals surface area contributed by atoms with Crippen molar-refractivity contribution in [3.8, 4) is 17.1 Å². The van der Waals surface area contributed by atoms with Crippen LogP contribution in [0.15, 0.2) is 61.3 Å². The largest absolute Gasteiger partial charge is 0.406 e. The van der Waals surface area contributed by atoms with Gasteiger partial charge in [0.25, 0.3) is 5.91 Å². The predicted molar refractivity (Wildman–Crippen MR) is 117 cm³/mol. The molecule has 0 N–H and O–H groups in total. The Balaban J connectivity index is 1.42. The summed E-state index contributed by atoms with van der Waals surface area (Å²) in [5.74, 6) is 0.0129. The van der Waals surface area contributed by atoms with E-state index in [1.807, 2.05) is 19.2 Å². The van der Waals surface area contributed by atoms with Crippen LogP contribution in [0.1, 0.15) is 23.7 Å². The number of rotatable bonds is 4. The lowest BCUT2D eigenvalue weighted by Gasteiger charge is -2.26. The lowest BCUT2D eigenvalue weighted by atomic mass is 10.1. The SMILES string of the molecule is Cc1cn(-c2ccc(-c3cn(C4CCc5ccccc5N(CC(F)(F)F)C4=O)nn3)cn2)cn1. The number of benzene rings is 1. The fourth-order valence-electron chi connectivity index (χ4n) is 4.09. The van der Waals surface area contributed by atoms with Gasteiger partial charge in [0.15, 0.2) is 0 Å². The maximum Gasteiger partial charge on any atom is 0.406 e. The molecule has 4 heterocycles. The lowest BCUT2D eigenvalue weighted by Crippen LogP contribution is -2.42. The van der Waals surface area contributed by atoms with Crippen LogP contribution in [0.3, 0.4) is 0 Å². The van der Waals surface area contributed by atoms with Crippen molar-refractivity contribution in [1.29, 1.82) is 0 Å². The van der Waals surface area contributed by atoms with E-state index in [2.05, 4.69) is 20.3 Å². The van der Waals surface area contributed by atoms with Gasteiger partial charge >= 0.3 is 6.18 Å². The van der Waals surface area contributed by atoms with E-state index < -0.39 is 24.7 Å². The van der Waals surface area contributed by atoms with E-state index in [1.165, 1.54) is 4.68 Å². The molecule has 0 saturated carbocycles. The number of hydrogen-bond acceptors (Lipinski definition) is 5. The first kappa shape index (κ1) is 21.8. The smallest absolute Gasteiger partial charge is 0.301 e. The Morgan fingerprint density at radius 3 is 2.62 bits per heavy atom. The molecule has 3 aromatic heterocycles. The molecule has 8 nitrogen and oxygen atoms in total. The number of carbonyl (C=O) groups is 1. The average molecular weight is 467 g/mol. The first-order chi connectivity index (χ1) is 16.3. The molecule has 0 bridgehead atoms. The van der Waals surface area contributed by atoms with Gasteiger partial charge in [0.05, 0.1) is 11.9 Å². The molecule has 1 aliphatic rings. The quantitative estimate of drug-likeness (QED) is 0.455. The van der Waals surface area contributed by atoms with Gasteiger partial charge in [0.1, 0.15) is 30.4 Å². The van der Waals surface area contributed by atoms with Crippen molar-refractivity contribution in [3.63, 3.8) is 0 Å². The maximum absolute atomic E-state index is 13.3. The minimum absolute atomic E-state index is 0.280. The van der Waals surface area contributed by atoms with Gasteiger partial charge in [-0.05, 0) is 43.5 Å². The highest BCUT2D eigenvalue weighted by atomic mass is 19.4. The summed E-state index contributed by atoms with van der Waals surface area (Å²) in [4.78, 5) is 22.6. The van der Waals surface area contributed by atoms with E-state index >= 15 is 0 Å². The van der Waals surface area contributed by atoms with E-state index in [9.17, 15) is 18.0 Å². The number of aromatic nitrogens is 6. The molecule has 11 heteroatoms. The first-order valence-electron chi connectivity index (χ1n) is 10.6. The van der Waals surface area contributed by atoms with Crippen LogP contribution in [0.2, 0.25) is 0 Å². The zero-order chi connectivity index (χ0) is 23.9. The minimum Gasteiger partial charge on any atom is -0.301 e. The van der Waals surface area contributed by atoms with Gasteiger partial charge in [0.2, 0.25) is 0 Å². The Kier molecular flexibility index (Phi) is 5.39.